The molecule has 0 aromatic carbocycles. The highest BCUT2D eigenvalue weighted by Crippen LogP contribution is 2.39. The van der Waals surface area contributed by atoms with Crippen LogP contribution < -0.4 is 11.5 Å². The van der Waals surface area contributed by atoms with Crippen LogP contribution >= 0.6 is 0 Å². The maximum Gasteiger partial charge on any atom is 0.491 e. The monoisotopic (exact) mass is 343 g/mol. The van der Waals surface area contributed by atoms with E-state index < -0.39 is 30.1 Å². The van der Waals surface area contributed by atoms with Crippen molar-refractivity contribution in [1.82, 2.24) is 4.98 Å². The van der Waals surface area contributed by atoms with Crippen LogP contribution in [-0.4, -0.2) is 29.8 Å². The highest BCUT2D eigenvalue weighted by molar-refractivity contribution is 6.56. The second kappa shape index (κ2) is 6.05. The van der Waals surface area contributed by atoms with Gasteiger partial charge in [-0.1, -0.05) is 6.08 Å². The van der Waals surface area contributed by atoms with Crippen LogP contribution in [0.25, 0.3) is 6.08 Å². The molecule has 0 spiro atoms. The highest BCUT2D eigenvalue weighted by Gasteiger charge is 2.52. The molecule has 0 unspecified atom stereocenters. The third kappa shape index (κ3) is 3.58. The number of hydrogen-bond donors (Lipinski definition) is 2. The number of pyridine rings is 1. The van der Waals surface area contributed by atoms with Crippen LogP contribution in [0.1, 0.15) is 38.8 Å². The lowest BCUT2D eigenvalue weighted by Gasteiger charge is -2.32. The minimum absolute atomic E-state index is 0.0227. The zero-order valence-corrected chi connectivity index (χ0v) is 14.1. The third-order valence-electron chi connectivity index (χ3n) is 4.41. The second-order valence-corrected chi connectivity index (χ2v) is 6.71. The van der Waals surface area contributed by atoms with E-state index in [0.717, 1.165) is 6.07 Å². The molecule has 1 fully saturated rings. The van der Waals surface area contributed by atoms with Gasteiger partial charge in [-0.25, -0.2) is 4.98 Å². The molecule has 132 valence electrons. The Balaban J connectivity index is 2.39. The van der Waals surface area contributed by atoms with Crippen LogP contribution in [0.3, 0.4) is 0 Å². The van der Waals surface area contributed by atoms with Gasteiger partial charge in [-0.15, -0.1) is 0 Å². The quantitative estimate of drug-likeness (QED) is 0.825. The molecule has 1 aliphatic rings. The predicted molar refractivity (Wildman–Crippen MR) is 86.8 cm³/mol. The number of nitrogens with zero attached hydrogens (tertiary/aromatic N) is 1. The predicted octanol–water partition coefficient (Wildman–Crippen LogP) is 2.66. The molecule has 0 aliphatic carbocycles. The summed E-state index contributed by atoms with van der Waals surface area (Å²) in [5.41, 5.74) is 10.0. The Morgan fingerprint density at radius 2 is 1.79 bits per heavy atom. The van der Waals surface area contributed by atoms with E-state index in [2.05, 4.69) is 4.98 Å². The number of rotatable bonds is 3. The lowest BCUT2D eigenvalue weighted by Crippen LogP contribution is -2.41. The lowest BCUT2D eigenvalue weighted by molar-refractivity contribution is -0.137. The second-order valence-electron chi connectivity index (χ2n) is 6.71. The molecule has 0 atom stereocenters. The van der Waals surface area contributed by atoms with E-state index in [9.17, 15) is 13.2 Å². The summed E-state index contributed by atoms with van der Waals surface area (Å²) in [5, 5.41) is 0. The molecule has 1 aliphatic heterocycles. The number of aromatic nitrogens is 1. The van der Waals surface area contributed by atoms with Gasteiger partial charge in [-0.3, -0.25) is 0 Å². The first kappa shape index (κ1) is 18.8. The average molecular weight is 343 g/mol. The van der Waals surface area contributed by atoms with Gasteiger partial charge in [0, 0.05) is 18.3 Å². The van der Waals surface area contributed by atoms with Crippen molar-refractivity contribution in [3.63, 3.8) is 0 Å². The largest absolute Gasteiger partial charge is 0.491 e. The summed E-state index contributed by atoms with van der Waals surface area (Å²) in [5.74, 6) is -0.0227. The minimum Gasteiger partial charge on any atom is -0.400 e. The minimum atomic E-state index is -4.50. The van der Waals surface area contributed by atoms with Gasteiger partial charge in [0.25, 0.3) is 0 Å². The Hall–Kier alpha value is -1.58. The van der Waals surface area contributed by atoms with Crippen molar-refractivity contribution in [1.29, 1.82) is 0 Å². The molecule has 0 radical (unpaired) electrons. The fraction of sp³-hybridized carbons (Fsp3) is 0.533. The summed E-state index contributed by atoms with van der Waals surface area (Å²) < 4.78 is 50.3. The fourth-order valence-corrected chi connectivity index (χ4v) is 2.18. The van der Waals surface area contributed by atoms with Gasteiger partial charge in [0.05, 0.1) is 16.8 Å². The first-order valence-corrected chi connectivity index (χ1v) is 7.46. The molecular formula is C15H21BF3N3O2. The fourth-order valence-electron chi connectivity index (χ4n) is 2.18. The normalized spacial score (nSPS) is 20.5. The summed E-state index contributed by atoms with van der Waals surface area (Å²) in [6, 6.07) is 0.934. The number of nitrogens with two attached hydrogens (primary N) is 2. The molecule has 2 heterocycles. The Morgan fingerprint density at radius 1 is 1.25 bits per heavy atom. The van der Waals surface area contributed by atoms with Crippen LogP contribution in [0, 0.1) is 0 Å². The van der Waals surface area contributed by atoms with E-state index in [1.807, 2.05) is 27.7 Å². The Morgan fingerprint density at radius 3 is 2.25 bits per heavy atom. The van der Waals surface area contributed by atoms with Gasteiger partial charge in [0.2, 0.25) is 0 Å². The molecule has 1 aromatic rings. The van der Waals surface area contributed by atoms with Crippen LogP contribution in [0.15, 0.2) is 17.7 Å². The van der Waals surface area contributed by atoms with E-state index in [4.69, 9.17) is 20.8 Å². The molecule has 0 bridgehead atoms. The molecular weight excluding hydrogens is 322 g/mol. The standard InChI is InChI=1S/C15H21BF3N3O2/c1-13(2)14(3,4)24-16(23-13)11(7-20)6-9-5-10(15(17,18)19)8-22-12(9)21/h5-6,8H,7,20H2,1-4H3,(H2,21,22). The maximum absolute atomic E-state index is 12.8. The molecule has 5 nitrogen and oxygen atoms in total. The van der Waals surface area contributed by atoms with Gasteiger partial charge in [0.1, 0.15) is 5.82 Å². The molecule has 4 N–H and O–H groups in total. The number of halogens is 3. The third-order valence-corrected chi connectivity index (χ3v) is 4.41. The highest BCUT2D eigenvalue weighted by atomic mass is 19.4. The van der Waals surface area contributed by atoms with Crippen LogP contribution in [0.5, 0.6) is 0 Å². The van der Waals surface area contributed by atoms with Crippen molar-refractivity contribution in [3.05, 3.63) is 28.9 Å². The van der Waals surface area contributed by atoms with Crippen LogP contribution in [-0.2, 0) is 15.5 Å². The van der Waals surface area contributed by atoms with Crippen molar-refractivity contribution in [2.24, 2.45) is 5.73 Å². The Kier molecular flexibility index (Phi) is 4.73. The summed E-state index contributed by atoms with van der Waals surface area (Å²) >= 11 is 0. The van der Waals surface area contributed by atoms with Gasteiger partial charge in [-0.05, 0) is 39.2 Å². The van der Waals surface area contributed by atoms with Gasteiger partial charge < -0.3 is 20.8 Å². The lowest BCUT2D eigenvalue weighted by atomic mass is 9.77. The summed E-state index contributed by atoms with van der Waals surface area (Å²) in [6.45, 7) is 7.55. The number of anilines is 1. The first-order chi connectivity index (χ1) is 10.9. The topological polar surface area (TPSA) is 83.4 Å². The number of alkyl halides is 3. The van der Waals surface area contributed by atoms with Gasteiger partial charge >= 0.3 is 13.3 Å². The summed E-state index contributed by atoms with van der Waals surface area (Å²) in [6.07, 6.45) is -2.36. The zero-order valence-electron chi connectivity index (χ0n) is 14.1. The van der Waals surface area contributed by atoms with Crippen molar-refractivity contribution in [3.8, 4) is 0 Å². The van der Waals surface area contributed by atoms with Crippen molar-refractivity contribution in [2.75, 3.05) is 12.3 Å². The van der Waals surface area contributed by atoms with E-state index in [-0.39, 0.29) is 17.9 Å². The van der Waals surface area contributed by atoms with E-state index in [1.54, 1.807) is 0 Å². The van der Waals surface area contributed by atoms with E-state index in [0.29, 0.717) is 11.7 Å². The van der Waals surface area contributed by atoms with Crippen molar-refractivity contribution >= 4 is 19.0 Å². The molecule has 2 rings (SSSR count). The first-order valence-electron chi connectivity index (χ1n) is 7.46. The van der Waals surface area contributed by atoms with Crippen molar-refractivity contribution in [2.45, 2.75) is 45.1 Å². The SMILES string of the molecule is CC1(C)OB(C(=Cc2cc(C(F)(F)F)cnc2N)CN)OC1(C)C. The smallest absolute Gasteiger partial charge is 0.400 e. The van der Waals surface area contributed by atoms with Crippen LogP contribution in [0.2, 0.25) is 0 Å². The molecule has 0 saturated carbocycles. The van der Waals surface area contributed by atoms with Gasteiger partial charge in [0.15, 0.2) is 0 Å². The Bertz CT molecular complexity index is 644. The molecule has 9 heteroatoms. The van der Waals surface area contributed by atoms with Crippen LogP contribution in [0.4, 0.5) is 19.0 Å². The number of hydrogen-bond acceptors (Lipinski definition) is 5. The summed E-state index contributed by atoms with van der Waals surface area (Å²) in [4.78, 5) is 3.61. The average Bonchev–Trinajstić information content (AvgIpc) is 2.65. The van der Waals surface area contributed by atoms with Gasteiger partial charge in [-0.2, -0.15) is 13.2 Å². The summed E-state index contributed by atoms with van der Waals surface area (Å²) in [7, 11) is -0.756. The molecule has 24 heavy (non-hydrogen) atoms. The zero-order chi connectivity index (χ0) is 18.3. The van der Waals surface area contributed by atoms with E-state index >= 15 is 0 Å². The number of nitrogen functional groups attached to an aromatic ring is 1. The molecule has 0 amide bonds. The molecule has 1 saturated heterocycles. The maximum atomic E-state index is 12.8. The Labute approximate surface area is 139 Å². The van der Waals surface area contributed by atoms with E-state index in [1.165, 1.54) is 6.08 Å². The molecule has 1 aromatic heterocycles. The van der Waals surface area contributed by atoms with Crippen molar-refractivity contribution < 1.29 is 22.5 Å².